The maximum absolute atomic E-state index is 3.49. The SMILES string of the molecule is [C](c1ccc2ccccc2c1)c1ccc2ccccc2c1. The van der Waals surface area contributed by atoms with Crippen LogP contribution in [0, 0.1) is 6.42 Å². The second-order valence-electron chi connectivity index (χ2n) is 5.25. The maximum atomic E-state index is 3.49. The molecule has 0 aliphatic rings. The quantitative estimate of drug-likeness (QED) is 0.451. The van der Waals surface area contributed by atoms with Crippen LogP contribution in [0.2, 0.25) is 0 Å². The van der Waals surface area contributed by atoms with Gasteiger partial charge < -0.3 is 0 Å². The molecule has 0 spiro atoms. The number of hydrogen-bond acceptors (Lipinski definition) is 0. The Balaban J connectivity index is 1.71. The molecule has 0 atom stereocenters. The van der Waals surface area contributed by atoms with Crippen molar-refractivity contribution in [2.45, 2.75) is 0 Å². The van der Waals surface area contributed by atoms with Crippen molar-refractivity contribution in [3.63, 3.8) is 0 Å². The van der Waals surface area contributed by atoms with Crippen LogP contribution < -0.4 is 0 Å². The summed E-state index contributed by atoms with van der Waals surface area (Å²) < 4.78 is 0. The van der Waals surface area contributed by atoms with Gasteiger partial charge in [0.15, 0.2) is 0 Å². The zero-order valence-corrected chi connectivity index (χ0v) is 11.6. The fourth-order valence-corrected chi connectivity index (χ4v) is 2.70. The first-order valence-electron chi connectivity index (χ1n) is 7.13. The Bertz CT molecular complexity index is 842. The molecule has 21 heavy (non-hydrogen) atoms. The van der Waals surface area contributed by atoms with Crippen LogP contribution in [0.15, 0.2) is 84.9 Å². The number of benzene rings is 4. The van der Waals surface area contributed by atoms with Gasteiger partial charge in [-0.15, -0.1) is 0 Å². The minimum absolute atomic E-state index is 1.11. The highest BCUT2D eigenvalue weighted by molar-refractivity contribution is 5.85. The molecule has 0 amide bonds. The third-order valence-corrected chi connectivity index (χ3v) is 3.79. The number of fused-ring (bicyclic) bond motifs is 2. The van der Waals surface area contributed by atoms with E-state index in [0.29, 0.717) is 0 Å². The molecule has 0 aliphatic carbocycles. The van der Waals surface area contributed by atoms with E-state index < -0.39 is 0 Å². The second kappa shape index (κ2) is 5.06. The summed E-state index contributed by atoms with van der Waals surface area (Å²) in [6, 6.07) is 29.7. The van der Waals surface area contributed by atoms with Crippen molar-refractivity contribution in [2.75, 3.05) is 0 Å². The highest BCUT2D eigenvalue weighted by atomic mass is 14.0. The van der Waals surface area contributed by atoms with E-state index in [1.165, 1.54) is 21.5 Å². The van der Waals surface area contributed by atoms with Crippen LogP contribution in [0.25, 0.3) is 21.5 Å². The van der Waals surface area contributed by atoms with E-state index >= 15 is 0 Å². The van der Waals surface area contributed by atoms with Gasteiger partial charge in [0.05, 0.1) is 6.42 Å². The van der Waals surface area contributed by atoms with E-state index in [4.69, 9.17) is 0 Å². The lowest BCUT2D eigenvalue weighted by Gasteiger charge is -2.05. The van der Waals surface area contributed by atoms with Gasteiger partial charge in [-0.3, -0.25) is 0 Å². The summed E-state index contributed by atoms with van der Waals surface area (Å²) in [6.07, 6.45) is 3.49. The fraction of sp³-hybridized carbons (Fsp3) is 0. The van der Waals surface area contributed by atoms with Crippen LogP contribution in [0.3, 0.4) is 0 Å². The average molecular weight is 266 g/mol. The zero-order valence-electron chi connectivity index (χ0n) is 11.6. The molecule has 0 aliphatic heterocycles. The molecule has 4 rings (SSSR count). The molecule has 2 radical (unpaired) electrons. The van der Waals surface area contributed by atoms with Crippen LogP contribution in [0.5, 0.6) is 0 Å². The van der Waals surface area contributed by atoms with Gasteiger partial charge >= 0.3 is 0 Å². The van der Waals surface area contributed by atoms with Gasteiger partial charge in [0.2, 0.25) is 0 Å². The Hall–Kier alpha value is -2.60. The molecule has 0 heterocycles. The molecule has 98 valence electrons. The minimum Gasteiger partial charge on any atom is -0.0616 e. The lowest BCUT2D eigenvalue weighted by atomic mass is 9.99. The summed E-state index contributed by atoms with van der Waals surface area (Å²) in [5.74, 6) is 0. The minimum atomic E-state index is 1.11. The molecule has 0 saturated heterocycles. The Kier molecular flexibility index (Phi) is 2.93. The lowest BCUT2D eigenvalue weighted by Crippen LogP contribution is -1.86. The standard InChI is InChI=1S/C21H14/c1-3-7-20-14-16(9-11-18(20)5-1)13-17-10-12-19-6-2-4-8-21(19)15-17/h1-12,14-15H. The molecule has 4 aromatic rings. The van der Waals surface area contributed by atoms with E-state index in [9.17, 15) is 0 Å². The molecule has 0 heteroatoms. The van der Waals surface area contributed by atoms with E-state index in [1.807, 2.05) is 0 Å². The summed E-state index contributed by atoms with van der Waals surface area (Å²) in [6.45, 7) is 0. The molecule has 0 saturated carbocycles. The molecule has 4 aromatic carbocycles. The van der Waals surface area contributed by atoms with Crippen LogP contribution in [-0.4, -0.2) is 0 Å². The fourth-order valence-electron chi connectivity index (χ4n) is 2.70. The lowest BCUT2D eigenvalue weighted by molar-refractivity contribution is 1.47. The van der Waals surface area contributed by atoms with Crippen molar-refractivity contribution >= 4 is 21.5 Å². The zero-order chi connectivity index (χ0) is 14.1. The predicted molar refractivity (Wildman–Crippen MR) is 89.3 cm³/mol. The van der Waals surface area contributed by atoms with Crippen LogP contribution in [0.1, 0.15) is 11.1 Å². The average Bonchev–Trinajstić information content (AvgIpc) is 2.55. The van der Waals surface area contributed by atoms with Crippen molar-refractivity contribution in [1.82, 2.24) is 0 Å². The molecule has 0 aromatic heterocycles. The van der Waals surface area contributed by atoms with Crippen LogP contribution in [-0.2, 0) is 0 Å². The first-order valence-corrected chi connectivity index (χ1v) is 7.13. The smallest absolute Gasteiger partial charge is 0.0502 e. The Labute approximate surface area is 124 Å². The number of rotatable bonds is 2. The maximum Gasteiger partial charge on any atom is 0.0502 e. The van der Waals surface area contributed by atoms with Gasteiger partial charge in [-0.1, -0.05) is 84.9 Å². The summed E-state index contributed by atoms with van der Waals surface area (Å²) in [5.41, 5.74) is 2.23. The Morgan fingerprint density at radius 2 is 0.857 bits per heavy atom. The van der Waals surface area contributed by atoms with Crippen molar-refractivity contribution < 1.29 is 0 Å². The normalized spacial score (nSPS) is 11.0. The van der Waals surface area contributed by atoms with Gasteiger partial charge in [-0.05, 0) is 32.7 Å². The van der Waals surface area contributed by atoms with Crippen molar-refractivity contribution in [3.05, 3.63) is 102 Å². The topological polar surface area (TPSA) is 0 Å². The van der Waals surface area contributed by atoms with Gasteiger partial charge in [-0.25, -0.2) is 0 Å². The molecule has 0 N–H and O–H groups in total. The van der Waals surface area contributed by atoms with Crippen molar-refractivity contribution in [1.29, 1.82) is 0 Å². The number of hydrogen-bond donors (Lipinski definition) is 0. The van der Waals surface area contributed by atoms with Crippen molar-refractivity contribution in [2.24, 2.45) is 0 Å². The molecule has 0 fully saturated rings. The highest BCUT2D eigenvalue weighted by Crippen LogP contribution is 2.22. The Morgan fingerprint density at radius 3 is 1.33 bits per heavy atom. The summed E-state index contributed by atoms with van der Waals surface area (Å²) in [4.78, 5) is 0. The van der Waals surface area contributed by atoms with Gasteiger partial charge in [0.1, 0.15) is 0 Å². The van der Waals surface area contributed by atoms with Crippen molar-refractivity contribution in [3.8, 4) is 0 Å². The van der Waals surface area contributed by atoms with Gasteiger partial charge in [-0.2, -0.15) is 0 Å². The molecular weight excluding hydrogens is 252 g/mol. The molecule has 0 nitrogen and oxygen atoms in total. The summed E-state index contributed by atoms with van der Waals surface area (Å²) in [7, 11) is 0. The van der Waals surface area contributed by atoms with E-state index in [2.05, 4.69) is 91.3 Å². The monoisotopic (exact) mass is 266 g/mol. The third kappa shape index (κ3) is 2.41. The predicted octanol–water partition coefficient (Wildman–Crippen LogP) is 5.47. The van der Waals surface area contributed by atoms with Gasteiger partial charge in [0, 0.05) is 0 Å². The largest absolute Gasteiger partial charge is 0.0616 e. The van der Waals surface area contributed by atoms with Crippen LogP contribution in [0.4, 0.5) is 0 Å². The van der Waals surface area contributed by atoms with Crippen LogP contribution >= 0.6 is 0 Å². The highest BCUT2D eigenvalue weighted by Gasteiger charge is 2.01. The summed E-state index contributed by atoms with van der Waals surface area (Å²) >= 11 is 0. The van der Waals surface area contributed by atoms with E-state index in [0.717, 1.165) is 11.1 Å². The van der Waals surface area contributed by atoms with Gasteiger partial charge in [0.25, 0.3) is 0 Å². The first-order chi connectivity index (χ1) is 10.4. The van der Waals surface area contributed by atoms with E-state index in [-0.39, 0.29) is 0 Å². The molecule has 0 unspecified atom stereocenters. The molecule has 0 bridgehead atoms. The Morgan fingerprint density at radius 1 is 0.429 bits per heavy atom. The summed E-state index contributed by atoms with van der Waals surface area (Å²) in [5, 5.41) is 5.04. The first kappa shape index (κ1) is 12.2. The second-order valence-corrected chi connectivity index (χ2v) is 5.25. The third-order valence-electron chi connectivity index (χ3n) is 3.79. The molecular formula is C21H14. The van der Waals surface area contributed by atoms with E-state index in [1.54, 1.807) is 0 Å².